The number of hydrogen-bond donors (Lipinski definition) is 1. The second-order valence-electron chi connectivity index (χ2n) is 5.11. The van der Waals surface area contributed by atoms with Crippen molar-refractivity contribution in [1.82, 2.24) is 0 Å². The van der Waals surface area contributed by atoms with Crippen molar-refractivity contribution in [3.63, 3.8) is 0 Å². The third-order valence-electron chi connectivity index (χ3n) is 3.19. The van der Waals surface area contributed by atoms with Crippen LogP contribution in [0.2, 0.25) is 0 Å². The summed E-state index contributed by atoms with van der Waals surface area (Å²) in [5.74, 6) is 1.19. The number of aliphatic hydroxyl groups is 1. The molecule has 0 fully saturated rings. The van der Waals surface area contributed by atoms with E-state index in [0.717, 1.165) is 14.9 Å². The van der Waals surface area contributed by atoms with Gasteiger partial charge in [-0.3, -0.25) is 0 Å². The van der Waals surface area contributed by atoms with E-state index in [1.165, 1.54) is 5.56 Å². The number of rotatable bonds is 5. The van der Waals surface area contributed by atoms with Gasteiger partial charge in [-0.25, -0.2) is 0 Å². The molecule has 0 amide bonds. The molecule has 1 unspecified atom stereocenters. The van der Waals surface area contributed by atoms with E-state index in [2.05, 4.69) is 54.0 Å². The standard InChI is InChI=1S/C17H19BrOS/c1-12(2)13-6-8-14(9-7-13)17(19)11-20-16-5-3-4-15(18)10-16/h3-10,12,17,19H,11H2,1-2H3. The van der Waals surface area contributed by atoms with Gasteiger partial charge in [-0.2, -0.15) is 0 Å². The summed E-state index contributed by atoms with van der Waals surface area (Å²) in [6, 6.07) is 16.4. The molecule has 0 bridgehead atoms. The predicted octanol–water partition coefficient (Wildman–Crippen LogP) is 5.40. The highest BCUT2D eigenvalue weighted by Crippen LogP contribution is 2.27. The zero-order valence-electron chi connectivity index (χ0n) is 11.7. The van der Waals surface area contributed by atoms with Gasteiger partial charge in [0.15, 0.2) is 0 Å². The highest BCUT2D eigenvalue weighted by Gasteiger charge is 2.09. The Balaban J connectivity index is 1.96. The van der Waals surface area contributed by atoms with Gasteiger partial charge in [-0.15, -0.1) is 11.8 Å². The largest absolute Gasteiger partial charge is 0.388 e. The SMILES string of the molecule is CC(C)c1ccc(C(O)CSc2cccc(Br)c2)cc1. The molecule has 0 saturated carbocycles. The van der Waals surface area contributed by atoms with Gasteiger partial charge in [-0.05, 0) is 35.2 Å². The zero-order valence-corrected chi connectivity index (χ0v) is 14.1. The highest BCUT2D eigenvalue weighted by atomic mass is 79.9. The van der Waals surface area contributed by atoms with E-state index >= 15 is 0 Å². The quantitative estimate of drug-likeness (QED) is 0.728. The molecule has 1 nitrogen and oxygen atoms in total. The van der Waals surface area contributed by atoms with E-state index in [0.29, 0.717) is 11.7 Å². The number of benzene rings is 2. The number of aliphatic hydroxyl groups excluding tert-OH is 1. The molecule has 0 radical (unpaired) electrons. The van der Waals surface area contributed by atoms with Crippen molar-refractivity contribution < 1.29 is 5.11 Å². The van der Waals surface area contributed by atoms with E-state index < -0.39 is 6.10 Å². The van der Waals surface area contributed by atoms with Gasteiger partial charge < -0.3 is 5.11 Å². The van der Waals surface area contributed by atoms with E-state index in [1.54, 1.807) is 11.8 Å². The smallest absolute Gasteiger partial charge is 0.0883 e. The Morgan fingerprint density at radius 3 is 2.30 bits per heavy atom. The molecule has 0 aliphatic heterocycles. The van der Waals surface area contributed by atoms with Crippen LogP contribution in [-0.2, 0) is 0 Å². The number of hydrogen-bond acceptors (Lipinski definition) is 2. The van der Waals surface area contributed by atoms with Crippen LogP contribution in [0.25, 0.3) is 0 Å². The molecule has 0 heterocycles. The lowest BCUT2D eigenvalue weighted by Crippen LogP contribution is -2.01. The van der Waals surface area contributed by atoms with E-state index in [1.807, 2.05) is 24.3 Å². The van der Waals surface area contributed by atoms with Crippen LogP contribution in [0.4, 0.5) is 0 Å². The molecule has 0 aromatic heterocycles. The first-order chi connectivity index (χ1) is 9.56. The minimum atomic E-state index is -0.430. The lowest BCUT2D eigenvalue weighted by Gasteiger charge is -2.12. The van der Waals surface area contributed by atoms with Gasteiger partial charge >= 0.3 is 0 Å². The molecule has 20 heavy (non-hydrogen) atoms. The minimum Gasteiger partial charge on any atom is -0.388 e. The fourth-order valence-electron chi connectivity index (χ4n) is 1.93. The molecule has 1 N–H and O–H groups in total. The molecule has 0 saturated heterocycles. The molecule has 1 atom stereocenters. The van der Waals surface area contributed by atoms with Gasteiger partial charge in [0, 0.05) is 15.1 Å². The molecule has 0 aliphatic rings. The monoisotopic (exact) mass is 350 g/mol. The average molecular weight is 351 g/mol. The lowest BCUT2D eigenvalue weighted by molar-refractivity contribution is 0.204. The molecule has 0 aliphatic carbocycles. The zero-order chi connectivity index (χ0) is 14.5. The normalized spacial score (nSPS) is 12.7. The van der Waals surface area contributed by atoms with Crippen molar-refractivity contribution in [1.29, 1.82) is 0 Å². The van der Waals surface area contributed by atoms with Crippen LogP contribution in [0.15, 0.2) is 57.9 Å². The van der Waals surface area contributed by atoms with Crippen molar-refractivity contribution in [2.75, 3.05) is 5.75 Å². The van der Waals surface area contributed by atoms with Crippen molar-refractivity contribution >= 4 is 27.7 Å². The molecule has 3 heteroatoms. The molecular formula is C17H19BrOS. The Morgan fingerprint density at radius 2 is 1.70 bits per heavy atom. The molecular weight excluding hydrogens is 332 g/mol. The van der Waals surface area contributed by atoms with Crippen molar-refractivity contribution in [2.45, 2.75) is 30.8 Å². The van der Waals surface area contributed by atoms with Crippen LogP contribution >= 0.6 is 27.7 Å². The first kappa shape index (κ1) is 15.6. The Labute approximate surface area is 133 Å². The summed E-state index contributed by atoms with van der Waals surface area (Å²) in [5, 5.41) is 10.2. The van der Waals surface area contributed by atoms with Gasteiger partial charge in [0.25, 0.3) is 0 Å². The Hall–Kier alpha value is -0.770. The Kier molecular flexibility index (Phi) is 5.70. The predicted molar refractivity (Wildman–Crippen MR) is 90.4 cm³/mol. The van der Waals surface area contributed by atoms with Gasteiger partial charge in [0.1, 0.15) is 0 Å². The molecule has 2 rings (SSSR count). The van der Waals surface area contributed by atoms with E-state index in [4.69, 9.17) is 0 Å². The van der Waals surface area contributed by atoms with Crippen LogP contribution in [0.1, 0.15) is 37.0 Å². The molecule has 2 aromatic carbocycles. The first-order valence-corrected chi connectivity index (χ1v) is 8.50. The van der Waals surface area contributed by atoms with Crippen LogP contribution in [0.5, 0.6) is 0 Å². The summed E-state index contributed by atoms with van der Waals surface area (Å²) in [6.07, 6.45) is -0.430. The summed E-state index contributed by atoms with van der Waals surface area (Å²) in [6.45, 7) is 4.35. The average Bonchev–Trinajstić information content (AvgIpc) is 2.45. The van der Waals surface area contributed by atoms with Crippen molar-refractivity contribution in [3.8, 4) is 0 Å². The van der Waals surface area contributed by atoms with Crippen LogP contribution in [0, 0.1) is 0 Å². The van der Waals surface area contributed by atoms with E-state index in [-0.39, 0.29) is 0 Å². The molecule has 2 aromatic rings. The van der Waals surface area contributed by atoms with Crippen LogP contribution < -0.4 is 0 Å². The number of halogens is 1. The second kappa shape index (κ2) is 7.30. The van der Waals surface area contributed by atoms with Crippen molar-refractivity contribution in [3.05, 3.63) is 64.1 Å². The van der Waals surface area contributed by atoms with Crippen LogP contribution in [0.3, 0.4) is 0 Å². The number of thioether (sulfide) groups is 1. The summed E-state index contributed by atoms with van der Waals surface area (Å²) >= 11 is 5.13. The molecule has 0 spiro atoms. The third-order valence-corrected chi connectivity index (χ3v) is 4.75. The summed E-state index contributed by atoms with van der Waals surface area (Å²) in [5.41, 5.74) is 2.29. The lowest BCUT2D eigenvalue weighted by atomic mass is 10.0. The topological polar surface area (TPSA) is 20.2 Å². The van der Waals surface area contributed by atoms with Gasteiger partial charge in [0.05, 0.1) is 6.10 Å². The Morgan fingerprint density at radius 1 is 1.05 bits per heavy atom. The maximum absolute atomic E-state index is 10.2. The fraction of sp³-hybridized carbons (Fsp3) is 0.294. The maximum atomic E-state index is 10.2. The summed E-state index contributed by atoms with van der Waals surface area (Å²) in [4.78, 5) is 1.16. The second-order valence-corrected chi connectivity index (χ2v) is 7.11. The highest BCUT2D eigenvalue weighted by molar-refractivity contribution is 9.10. The van der Waals surface area contributed by atoms with Crippen LogP contribution in [-0.4, -0.2) is 10.9 Å². The van der Waals surface area contributed by atoms with Gasteiger partial charge in [0.2, 0.25) is 0 Å². The first-order valence-electron chi connectivity index (χ1n) is 6.72. The summed E-state index contributed by atoms with van der Waals surface area (Å²) in [7, 11) is 0. The van der Waals surface area contributed by atoms with Crippen molar-refractivity contribution in [2.24, 2.45) is 0 Å². The van der Waals surface area contributed by atoms with E-state index in [9.17, 15) is 5.11 Å². The maximum Gasteiger partial charge on any atom is 0.0883 e. The Bertz CT molecular complexity index is 551. The third kappa shape index (κ3) is 4.37. The molecule has 106 valence electrons. The summed E-state index contributed by atoms with van der Waals surface area (Å²) < 4.78 is 1.07. The minimum absolute atomic E-state index is 0.430. The fourth-order valence-corrected chi connectivity index (χ4v) is 3.41. The van der Waals surface area contributed by atoms with Gasteiger partial charge in [-0.1, -0.05) is 60.1 Å².